The van der Waals surface area contributed by atoms with Gasteiger partial charge in [0.2, 0.25) is 0 Å². The fraction of sp³-hybridized carbons (Fsp3) is 0.417. The van der Waals surface area contributed by atoms with Gasteiger partial charge in [-0.3, -0.25) is 18.0 Å². The second-order valence-corrected chi connectivity index (χ2v) is 7.65. The van der Waals surface area contributed by atoms with E-state index in [0.717, 1.165) is 0 Å². The third-order valence-corrected chi connectivity index (χ3v) is 4.49. The van der Waals surface area contributed by atoms with Gasteiger partial charge in [-0.05, 0) is 42.4 Å². The van der Waals surface area contributed by atoms with Crippen LogP contribution in [0.5, 0.6) is 5.75 Å². The predicted octanol–water partition coefficient (Wildman–Crippen LogP) is 1.17. The Labute approximate surface area is 141 Å². The fourth-order valence-electron chi connectivity index (χ4n) is 2.09. The van der Waals surface area contributed by atoms with Gasteiger partial charge in [-0.25, -0.2) is 5.14 Å². The summed E-state index contributed by atoms with van der Waals surface area (Å²) in [5, 5.41) is 4.71. The lowest BCUT2D eigenvalue weighted by molar-refractivity contribution is 0.281. The highest BCUT2D eigenvalue weighted by molar-refractivity contribution is 8.24. The summed E-state index contributed by atoms with van der Waals surface area (Å²) in [6.45, 7) is 0.399. The molecule has 0 saturated carbocycles. The van der Waals surface area contributed by atoms with E-state index in [9.17, 15) is 17.5 Å². The van der Waals surface area contributed by atoms with Crippen molar-refractivity contribution in [1.82, 2.24) is 0 Å². The Morgan fingerprint density at radius 2 is 1.92 bits per heavy atom. The molecule has 0 radical (unpaired) electrons. The molecular weight excluding hydrogens is 360 g/mol. The monoisotopic (exact) mass is 380 g/mol. The van der Waals surface area contributed by atoms with E-state index in [1.54, 1.807) is 18.2 Å². The molecule has 1 aromatic carbocycles. The van der Waals surface area contributed by atoms with Crippen molar-refractivity contribution >= 4 is 32.8 Å². The third-order valence-electron chi connectivity index (χ3n) is 3.05. The zero-order chi connectivity index (χ0) is 17.8. The molecular formula is C12H20N4O6S2. The molecule has 1 aliphatic heterocycles. The summed E-state index contributed by atoms with van der Waals surface area (Å²) in [5.74, 6) is 0.456. The summed E-state index contributed by atoms with van der Waals surface area (Å²) in [6, 6.07) is 5.03. The standard InChI is InChI=1S/C12H20N4O6S2/c13-12-11-9(15-24(19,20)16-12)5-4-6-10(11)21-7-2-1-3-8-22-23(14,17)18/h4-6,15,19-20H,1-3,7-8H2,(H2,13,16)(H2,14,17,18). The molecule has 2 rings (SSSR count). The van der Waals surface area contributed by atoms with E-state index in [1.165, 1.54) is 0 Å². The van der Waals surface area contributed by atoms with E-state index in [0.29, 0.717) is 42.9 Å². The van der Waals surface area contributed by atoms with Gasteiger partial charge < -0.3 is 10.5 Å². The first-order valence-electron chi connectivity index (χ1n) is 7.03. The van der Waals surface area contributed by atoms with Crippen LogP contribution in [0.2, 0.25) is 0 Å². The number of unbranched alkanes of at least 4 members (excludes halogenated alkanes) is 2. The summed E-state index contributed by atoms with van der Waals surface area (Å²) in [5.41, 5.74) is 6.68. The molecule has 0 aromatic heterocycles. The minimum Gasteiger partial charge on any atom is -0.493 e. The van der Waals surface area contributed by atoms with Gasteiger partial charge in [0.25, 0.3) is 0 Å². The molecule has 1 aliphatic rings. The van der Waals surface area contributed by atoms with Crippen LogP contribution in [0.4, 0.5) is 5.69 Å². The highest BCUT2D eigenvalue weighted by Gasteiger charge is 2.24. The van der Waals surface area contributed by atoms with E-state index >= 15 is 0 Å². The molecule has 0 bridgehead atoms. The van der Waals surface area contributed by atoms with Crippen LogP contribution in [0.25, 0.3) is 0 Å². The maximum Gasteiger partial charge on any atom is 0.333 e. The quantitative estimate of drug-likeness (QED) is 0.418. The van der Waals surface area contributed by atoms with Crippen LogP contribution in [0, 0.1) is 0 Å². The van der Waals surface area contributed by atoms with Gasteiger partial charge in [0.05, 0.1) is 24.5 Å². The fourth-order valence-corrected chi connectivity index (χ4v) is 3.32. The first-order chi connectivity index (χ1) is 11.2. The van der Waals surface area contributed by atoms with Gasteiger partial charge >= 0.3 is 10.3 Å². The number of ether oxygens (including phenoxy) is 1. The van der Waals surface area contributed by atoms with Gasteiger partial charge in [-0.1, -0.05) is 6.07 Å². The minimum absolute atomic E-state index is 0.0131. The molecule has 0 spiro atoms. The zero-order valence-corrected chi connectivity index (χ0v) is 14.3. The number of hydrogen-bond donors (Lipinski definition) is 5. The number of nitrogens with two attached hydrogens (primary N) is 2. The number of rotatable bonds is 8. The highest BCUT2D eigenvalue weighted by atomic mass is 32.3. The topological polar surface area (TPSA) is 169 Å². The molecule has 7 N–H and O–H groups in total. The second kappa shape index (κ2) is 7.55. The van der Waals surface area contributed by atoms with Crippen LogP contribution in [-0.4, -0.2) is 36.6 Å². The smallest absolute Gasteiger partial charge is 0.333 e. The summed E-state index contributed by atoms with van der Waals surface area (Å²) < 4.78 is 56.6. The van der Waals surface area contributed by atoms with E-state index in [2.05, 4.69) is 13.3 Å². The molecule has 0 amide bonds. The first kappa shape index (κ1) is 18.8. The number of nitrogens with zero attached hydrogens (tertiary/aromatic N) is 1. The summed E-state index contributed by atoms with van der Waals surface area (Å²) in [4.78, 5) is 0. The van der Waals surface area contributed by atoms with Gasteiger partial charge in [-0.15, -0.1) is 4.40 Å². The molecule has 0 aliphatic carbocycles. The van der Waals surface area contributed by atoms with Gasteiger partial charge in [0, 0.05) is 0 Å². The maximum atomic E-state index is 10.6. The van der Waals surface area contributed by atoms with E-state index in [1.807, 2.05) is 0 Å². The Balaban J connectivity index is 1.85. The summed E-state index contributed by atoms with van der Waals surface area (Å²) >= 11 is 0. The Bertz CT molecular complexity index is 722. The minimum atomic E-state index is -3.89. The summed E-state index contributed by atoms with van der Waals surface area (Å²) in [7, 11) is -7.22. The van der Waals surface area contributed by atoms with Crippen LogP contribution in [-0.2, 0) is 14.5 Å². The van der Waals surface area contributed by atoms with Crippen molar-refractivity contribution in [2.75, 3.05) is 17.9 Å². The molecule has 0 unspecified atom stereocenters. The van der Waals surface area contributed by atoms with Crippen LogP contribution in [0.1, 0.15) is 24.8 Å². The molecule has 1 aromatic rings. The summed E-state index contributed by atoms with van der Waals surface area (Å²) in [6.07, 6.45) is 1.88. The third kappa shape index (κ3) is 5.51. The van der Waals surface area contributed by atoms with Crippen molar-refractivity contribution in [2.24, 2.45) is 15.3 Å². The molecule has 0 fully saturated rings. The predicted molar refractivity (Wildman–Crippen MR) is 92.0 cm³/mol. The largest absolute Gasteiger partial charge is 0.493 e. The Morgan fingerprint density at radius 3 is 2.62 bits per heavy atom. The van der Waals surface area contributed by atoms with Gasteiger partial charge in [-0.2, -0.15) is 8.42 Å². The van der Waals surface area contributed by atoms with Crippen molar-refractivity contribution in [2.45, 2.75) is 19.3 Å². The molecule has 0 atom stereocenters. The molecule has 136 valence electrons. The second-order valence-electron chi connectivity index (χ2n) is 5.00. The van der Waals surface area contributed by atoms with Crippen LogP contribution in [0.3, 0.4) is 0 Å². The number of anilines is 1. The molecule has 10 nitrogen and oxygen atoms in total. The van der Waals surface area contributed by atoms with Crippen molar-refractivity contribution in [1.29, 1.82) is 0 Å². The lowest BCUT2D eigenvalue weighted by atomic mass is 10.1. The van der Waals surface area contributed by atoms with Gasteiger partial charge in [0.1, 0.15) is 5.75 Å². The normalized spacial score (nSPS) is 17.4. The molecule has 12 heteroatoms. The van der Waals surface area contributed by atoms with E-state index in [-0.39, 0.29) is 12.4 Å². The average Bonchev–Trinajstić information content (AvgIpc) is 2.43. The number of benzene rings is 1. The molecule has 24 heavy (non-hydrogen) atoms. The van der Waals surface area contributed by atoms with Crippen LogP contribution < -0.4 is 20.3 Å². The number of nitrogens with one attached hydrogen (secondary N) is 1. The Morgan fingerprint density at radius 1 is 1.21 bits per heavy atom. The van der Waals surface area contributed by atoms with E-state index in [4.69, 9.17) is 15.6 Å². The van der Waals surface area contributed by atoms with Crippen molar-refractivity contribution in [3.05, 3.63) is 23.8 Å². The van der Waals surface area contributed by atoms with Gasteiger partial charge in [0.15, 0.2) is 5.84 Å². The van der Waals surface area contributed by atoms with Crippen molar-refractivity contribution in [3.8, 4) is 5.75 Å². The lowest BCUT2D eigenvalue weighted by Gasteiger charge is -2.33. The highest BCUT2D eigenvalue weighted by Crippen LogP contribution is 2.46. The average molecular weight is 380 g/mol. The molecule has 1 heterocycles. The Hall–Kier alpha value is -1.57. The van der Waals surface area contributed by atoms with E-state index < -0.39 is 21.3 Å². The SMILES string of the molecule is NC1=NS(O)(O)Nc2cccc(OCCCCCOS(N)(=O)=O)c21. The number of hydrogen-bond acceptors (Lipinski definition) is 9. The number of amidine groups is 1. The van der Waals surface area contributed by atoms with Crippen molar-refractivity contribution in [3.63, 3.8) is 0 Å². The van der Waals surface area contributed by atoms with Crippen LogP contribution in [0.15, 0.2) is 22.6 Å². The first-order valence-corrected chi connectivity index (χ1v) is 10.0. The molecule has 0 saturated heterocycles. The maximum absolute atomic E-state index is 10.6. The van der Waals surface area contributed by atoms with Crippen LogP contribution >= 0.6 is 11.0 Å². The van der Waals surface area contributed by atoms with Crippen molar-refractivity contribution < 1.29 is 26.4 Å². The Kier molecular flexibility index (Phi) is 5.90. The lowest BCUT2D eigenvalue weighted by Crippen LogP contribution is -2.25. The number of fused-ring (bicyclic) bond motifs is 1. The zero-order valence-electron chi connectivity index (χ0n) is 12.7.